The smallest absolute Gasteiger partial charge is 0.350 e. The van der Waals surface area contributed by atoms with E-state index in [4.69, 9.17) is 18.0 Å². The Kier molecular flexibility index (Phi) is 4.66. The van der Waals surface area contributed by atoms with Crippen LogP contribution >= 0.6 is 23.6 Å². The van der Waals surface area contributed by atoms with Gasteiger partial charge in [0.1, 0.15) is 9.87 Å². The maximum absolute atomic E-state index is 12.2. The molecule has 5 nitrogen and oxygen atoms in total. The number of methoxy groups -OCH3 is 1. The van der Waals surface area contributed by atoms with Crippen molar-refractivity contribution in [1.29, 1.82) is 0 Å². The third kappa shape index (κ3) is 3.45. The van der Waals surface area contributed by atoms with Gasteiger partial charge in [-0.1, -0.05) is 24.4 Å². The zero-order valence-electron chi connectivity index (χ0n) is 11.1. The molecule has 3 N–H and O–H groups in total. The molecule has 2 aromatic rings. The molecule has 2 rings (SSSR count). The SMILES string of the molecule is COC(=O)c1sccc1NC(=O)c1cccc(C(N)=S)c1. The molecule has 0 saturated carbocycles. The fourth-order valence-electron chi connectivity index (χ4n) is 1.67. The van der Waals surface area contributed by atoms with Gasteiger partial charge in [-0.15, -0.1) is 11.3 Å². The number of amides is 1. The van der Waals surface area contributed by atoms with E-state index in [9.17, 15) is 9.59 Å². The molecule has 1 aromatic heterocycles. The Hall–Kier alpha value is -2.25. The van der Waals surface area contributed by atoms with Crippen LogP contribution in [0.15, 0.2) is 35.7 Å². The molecule has 1 aromatic carbocycles. The van der Waals surface area contributed by atoms with Crippen molar-refractivity contribution in [2.45, 2.75) is 0 Å². The van der Waals surface area contributed by atoms with Crippen LogP contribution in [0.2, 0.25) is 0 Å². The van der Waals surface area contributed by atoms with Gasteiger partial charge in [0.25, 0.3) is 5.91 Å². The summed E-state index contributed by atoms with van der Waals surface area (Å²) in [5, 5.41) is 4.38. The first kappa shape index (κ1) is 15.1. The maximum atomic E-state index is 12.2. The lowest BCUT2D eigenvalue weighted by atomic mass is 10.1. The minimum absolute atomic E-state index is 0.218. The Labute approximate surface area is 130 Å². The van der Waals surface area contributed by atoms with E-state index in [1.807, 2.05) is 0 Å². The quantitative estimate of drug-likeness (QED) is 0.668. The van der Waals surface area contributed by atoms with Crippen LogP contribution in [-0.4, -0.2) is 24.0 Å². The van der Waals surface area contributed by atoms with Crippen molar-refractivity contribution in [3.63, 3.8) is 0 Å². The topological polar surface area (TPSA) is 81.4 Å². The molecule has 21 heavy (non-hydrogen) atoms. The second kappa shape index (κ2) is 6.47. The Balaban J connectivity index is 2.23. The number of hydrogen-bond acceptors (Lipinski definition) is 5. The molecule has 0 atom stereocenters. The molecule has 7 heteroatoms. The molecule has 108 valence electrons. The van der Waals surface area contributed by atoms with Crippen LogP contribution in [0.1, 0.15) is 25.6 Å². The minimum atomic E-state index is -0.489. The minimum Gasteiger partial charge on any atom is -0.465 e. The number of hydrogen-bond donors (Lipinski definition) is 2. The number of carbonyl (C=O) groups excluding carboxylic acids is 2. The molecule has 0 aliphatic rings. The number of anilines is 1. The standard InChI is InChI=1S/C14H12N2O3S2/c1-19-14(18)11-10(5-6-21-11)16-13(17)9-4-2-3-8(7-9)12(15)20/h2-7H,1H3,(H2,15,20)(H,16,17). The zero-order chi connectivity index (χ0) is 15.4. The first-order valence-corrected chi connectivity index (χ1v) is 7.18. The molecule has 0 unspecified atom stereocenters. The Bertz CT molecular complexity index is 710. The highest BCUT2D eigenvalue weighted by atomic mass is 32.1. The van der Waals surface area contributed by atoms with Gasteiger partial charge >= 0.3 is 5.97 Å². The van der Waals surface area contributed by atoms with Crippen molar-refractivity contribution in [2.24, 2.45) is 5.73 Å². The van der Waals surface area contributed by atoms with Crippen molar-refractivity contribution in [3.8, 4) is 0 Å². The molecule has 0 saturated heterocycles. The highest BCUT2D eigenvalue weighted by Gasteiger charge is 2.16. The van der Waals surface area contributed by atoms with Crippen molar-refractivity contribution >= 4 is 46.1 Å². The number of thiocarbonyl (C=S) groups is 1. The average Bonchev–Trinajstić information content (AvgIpc) is 2.94. The average molecular weight is 320 g/mol. The van der Waals surface area contributed by atoms with Gasteiger partial charge in [0.15, 0.2) is 0 Å². The van der Waals surface area contributed by atoms with Crippen molar-refractivity contribution in [2.75, 3.05) is 12.4 Å². The fraction of sp³-hybridized carbons (Fsp3) is 0.0714. The number of esters is 1. The lowest BCUT2D eigenvalue weighted by molar-refractivity contribution is 0.0607. The molecule has 0 fully saturated rings. The van der Waals surface area contributed by atoms with E-state index < -0.39 is 5.97 Å². The molecule has 1 heterocycles. The summed E-state index contributed by atoms with van der Waals surface area (Å²) < 4.78 is 4.66. The van der Waals surface area contributed by atoms with Crippen LogP contribution in [0.3, 0.4) is 0 Å². The summed E-state index contributed by atoms with van der Waals surface area (Å²) in [5.74, 6) is -0.839. The van der Waals surface area contributed by atoms with Gasteiger partial charge in [0, 0.05) is 11.1 Å². The highest BCUT2D eigenvalue weighted by Crippen LogP contribution is 2.23. The number of rotatable bonds is 4. The van der Waals surface area contributed by atoms with Crippen molar-refractivity contribution in [1.82, 2.24) is 0 Å². The predicted molar refractivity (Wildman–Crippen MR) is 85.9 cm³/mol. The number of carbonyl (C=O) groups is 2. The van der Waals surface area contributed by atoms with Crippen LogP contribution in [0.25, 0.3) is 0 Å². The predicted octanol–water partition coefficient (Wildman–Crippen LogP) is 2.42. The molecule has 0 aliphatic heterocycles. The monoisotopic (exact) mass is 320 g/mol. The van der Waals surface area contributed by atoms with Gasteiger partial charge in [-0.2, -0.15) is 0 Å². The van der Waals surface area contributed by atoms with Gasteiger partial charge in [-0.25, -0.2) is 4.79 Å². The van der Waals surface area contributed by atoms with Crippen LogP contribution in [0.4, 0.5) is 5.69 Å². The Morgan fingerprint density at radius 3 is 2.67 bits per heavy atom. The Morgan fingerprint density at radius 2 is 2.00 bits per heavy atom. The summed E-state index contributed by atoms with van der Waals surface area (Å²) >= 11 is 6.08. The van der Waals surface area contributed by atoms with Crippen molar-refractivity contribution < 1.29 is 14.3 Å². The number of thiophene rings is 1. The summed E-state index contributed by atoms with van der Waals surface area (Å²) in [6, 6.07) is 8.30. The molecule has 0 bridgehead atoms. The van der Waals surface area contributed by atoms with Gasteiger partial charge in [-0.3, -0.25) is 4.79 Å². The van der Waals surface area contributed by atoms with Crippen LogP contribution in [-0.2, 0) is 4.74 Å². The molecule has 0 spiro atoms. The second-order valence-electron chi connectivity index (χ2n) is 4.05. The molecule has 0 aliphatic carbocycles. The third-order valence-electron chi connectivity index (χ3n) is 2.69. The first-order chi connectivity index (χ1) is 10.0. The molecule has 1 amide bonds. The van der Waals surface area contributed by atoms with Gasteiger partial charge in [-0.05, 0) is 23.6 Å². The summed E-state index contributed by atoms with van der Waals surface area (Å²) in [6.07, 6.45) is 0. The van der Waals surface area contributed by atoms with Crippen LogP contribution in [0, 0.1) is 0 Å². The summed E-state index contributed by atoms with van der Waals surface area (Å²) in [6.45, 7) is 0. The van der Waals surface area contributed by atoms with Gasteiger partial charge < -0.3 is 15.8 Å². The fourth-order valence-corrected chi connectivity index (χ4v) is 2.56. The van der Waals surface area contributed by atoms with E-state index in [1.165, 1.54) is 18.4 Å². The van der Waals surface area contributed by atoms with Gasteiger partial charge in [0.05, 0.1) is 12.8 Å². The third-order valence-corrected chi connectivity index (χ3v) is 3.82. The number of nitrogens with one attached hydrogen (secondary N) is 1. The largest absolute Gasteiger partial charge is 0.465 e. The molecular formula is C14H12N2O3S2. The molecular weight excluding hydrogens is 308 g/mol. The van der Waals surface area contributed by atoms with Crippen LogP contribution in [0.5, 0.6) is 0 Å². The van der Waals surface area contributed by atoms with E-state index in [0.717, 1.165) is 0 Å². The number of ether oxygens (including phenoxy) is 1. The summed E-state index contributed by atoms with van der Waals surface area (Å²) in [4.78, 5) is 24.3. The summed E-state index contributed by atoms with van der Waals surface area (Å²) in [7, 11) is 1.29. The van der Waals surface area contributed by atoms with Crippen molar-refractivity contribution in [3.05, 3.63) is 51.7 Å². The lowest BCUT2D eigenvalue weighted by Gasteiger charge is -2.07. The molecule has 0 radical (unpaired) electrons. The van der Waals surface area contributed by atoms with E-state index in [2.05, 4.69) is 10.1 Å². The zero-order valence-corrected chi connectivity index (χ0v) is 12.7. The lowest BCUT2D eigenvalue weighted by Crippen LogP contribution is -2.16. The Morgan fingerprint density at radius 1 is 1.29 bits per heavy atom. The second-order valence-corrected chi connectivity index (χ2v) is 5.41. The van der Waals surface area contributed by atoms with Gasteiger partial charge in [0.2, 0.25) is 0 Å². The van der Waals surface area contributed by atoms with E-state index in [1.54, 1.807) is 35.7 Å². The van der Waals surface area contributed by atoms with Crippen LogP contribution < -0.4 is 11.1 Å². The normalized spacial score (nSPS) is 9.95. The first-order valence-electron chi connectivity index (χ1n) is 5.90. The number of benzene rings is 1. The van der Waals surface area contributed by atoms with E-state index in [-0.39, 0.29) is 10.9 Å². The highest BCUT2D eigenvalue weighted by molar-refractivity contribution is 7.80. The van der Waals surface area contributed by atoms with E-state index >= 15 is 0 Å². The maximum Gasteiger partial charge on any atom is 0.350 e. The van der Waals surface area contributed by atoms with E-state index in [0.29, 0.717) is 21.7 Å². The number of nitrogens with two attached hydrogens (primary N) is 1. The summed E-state index contributed by atoms with van der Waals surface area (Å²) in [5.41, 5.74) is 6.97.